The van der Waals surface area contributed by atoms with Crippen molar-refractivity contribution in [2.24, 2.45) is 0 Å². The van der Waals surface area contributed by atoms with E-state index in [0.717, 1.165) is 33.5 Å². The molecular formula is C26H29N3O2. The van der Waals surface area contributed by atoms with Crippen LogP contribution in [0.4, 0.5) is 0 Å². The molecule has 0 unspecified atom stereocenters. The number of phenolic OH excluding ortho intramolecular Hbond substituents is 1. The molecule has 4 aromatic rings. The van der Waals surface area contributed by atoms with Crippen LogP contribution >= 0.6 is 0 Å². The molecule has 31 heavy (non-hydrogen) atoms. The average molecular weight is 416 g/mol. The van der Waals surface area contributed by atoms with Gasteiger partial charge in [0.2, 0.25) is 0 Å². The van der Waals surface area contributed by atoms with Gasteiger partial charge in [0.05, 0.1) is 7.11 Å². The summed E-state index contributed by atoms with van der Waals surface area (Å²) in [7, 11) is 1.66. The summed E-state index contributed by atoms with van der Waals surface area (Å²) in [5.41, 5.74) is 4.63. The van der Waals surface area contributed by atoms with Crippen LogP contribution in [0.25, 0.3) is 16.7 Å². The summed E-state index contributed by atoms with van der Waals surface area (Å²) in [6, 6.07) is 19.8. The summed E-state index contributed by atoms with van der Waals surface area (Å²) >= 11 is 0. The monoisotopic (exact) mass is 415 g/mol. The van der Waals surface area contributed by atoms with Crippen molar-refractivity contribution in [3.05, 3.63) is 77.4 Å². The molecule has 0 bridgehead atoms. The van der Waals surface area contributed by atoms with Crippen molar-refractivity contribution in [3.8, 4) is 17.2 Å². The molecule has 0 spiro atoms. The number of phenols is 1. The minimum absolute atomic E-state index is 0.111. The fourth-order valence-electron chi connectivity index (χ4n) is 3.81. The second-order valence-electron chi connectivity index (χ2n) is 9.47. The quantitative estimate of drug-likeness (QED) is 0.460. The van der Waals surface area contributed by atoms with E-state index in [1.54, 1.807) is 11.9 Å². The summed E-state index contributed by atoms with van der Waals surface area (Å²) < 4.78 is 5.31. The predicted octanol–water partition coefficient (Wildman–Crippen LogP) is 5.76. The van der Waals surface area contributed by atoms with Gasteiger partial charge in [-0.2, -0.15) is 0 Å². The van der Waals surface area contributed by atoms with E-state index in [1.165, 1.54) is 0 Å². The molecule has 3 aromatic carbocycles. The lowest BCUT2D eigenvalue weighted by Gasteiger charge is -2.30. The maximum absolute atomic E-state index is 11.4. The molecule has 0 saturated heterocycles. The number of fused-ring (bicyclic) bond motifs is 1. The van der Waals surface area contributed by atoms with Gasteiger partial charge in [-0.15, -0.1) is 15.0 Å². The lowest BCUT2D eigenvalue weighted by molar-refractivity contribution is 0.414. The van der Waals surface area contributed by atoms with Crippen LogP contribution in [0.15, 0.2) is 60.7 Å². The Hall–Kier alpha value is -3.34. The van der Waals surface area contributed by atoms with Crippen LogP contribution in [-0.2, 0) is 10.8 Å². The maximum atomic E-state index is 11.4. The SMILES string of the molecule is COc1ccc(C(C)(C)c2cc(C(C)(C)C)cc(-n3nc4ccccc4n3)c2O)cc1. The number of hydrogen-bond acceptors (Lipinski definition) is 4. The van der Waals surface area contributed by atoms with Gasteiger partial charge in [-0.1, -0.05) is 65.0 Å². The van der Waals surface area contributed by atoms with Gasteiger partial charge in [-0.3, -0.25) is 0 Å². The van der Waals surface area contributed by atoms with Crippen LogP contribution in [0.2, 0.25) is 0 Å². The minimum Gasteiger partial charge on any atom is -0.505 e. The standard InChI is InChI=1S/C26H29N3O2/c1-25(2,3)18-15-20(26(4,5)17-11-13-19(31-6)14-12-17)24(30)23(16-18)29-27-21-9-7-8-10-22(21)28-29/h7-16,30H,1-6H3. The maximum Gasteiger partial charge on any atom is 0.147 e. The molecule has 4 rings (SSSR count). The molecule has 0 fully saturated rings. The average Bonchev–Trinajstić information content (AvgIpc) is 3.17. The fraction of sp³-hybridized carbons (Fsp3) is 0.308. The first-order chi connectivity index (χ1) is 14.6. The van der Waals surface area contributed by atoms with Crippen LogP contribution < -0.4 is 4.74 Å². The normalized spacial score (nSPS) is 12.3. The van der Waals surface area contributed by atoms with E-state index in [2.05, 4.69) is 50.9 Å². The van der Waals surface area contributed by atoms with E-state index in [4.69, 9.17) is 4.74 Å². The topological polar surface area (TPSA) is 60.2 Å². The Morgan fingerprint density at radius 2 is 1.39 bits per heavy atom. The lowest BCUT2D eigenvalue weighted by atomic mass is 9.75. The molecule has 160 valence electrons. The molecule has 0 amide bonds. The Bertz CT molecular complexity index is 1200. The minimum atomic E-state index is -0.445. The smallest absolute Gasteiger partial charge is 0.147 e. The van der Waals surface area contributed by atoms with E-state index < -0.39 is 5.41 Å². The second-order valence-corrected chi connectivity index (χ2v) is 9.47. The molecule has 5 nitrogen and oxygen atoms in total. The van der Waals surface area contributed by atoms with Gasteiger partial charge < -0.3 is 9.84 Å². The third-order valence-corrected chi connectivity index (χ3v) is 5.94. The molecule has 0 saturated carbocycles. The molecule has 0 aliphatic heterocycles. The van der Waals surface area contributed by atoms with Crippen LogP contribution in [0.5, 0.6) is 11.5 Å². The molecule has 5 heteroatoms. The zero-order valence-electron chi connectivity index (χ0n) is 19.0. The Balaban J connectivity index is 1.94. The number of aromatic nitrogens is 3. The van der Waals surface area contributed by atoms with Gasteiger partial charge in [0.15, 0.2) is 0 Å². The van der Waals surface area contributed by atoms with Crippen LogP contribution in [0.3, 0.4) is 0 Å². The van der Waals surface area contributed by atoms with Crippen molar-refractivity contribution in [2.75, 3.05) is 7.11 Å². The highest BCUT2D eigenvalue weighted by atomic mass is 16.5. The number of ether oxygens (including phenoxy) is 1. The van der Waals surface area contributed by atoms with Crippen molar-refractivity contribution in [2.45, 2.75) is 45.4 Å². The number of methoxy groups -OCH3 is 1. The molecule has 0 aliphatic carbocycles. The molecular weight excluding hydrogens is 386 g/mol. The van der Waals surface area contributed by atoms with Crippen molar-refractivity contribution >= 4 is 11.0 Å². The van der Waals surface area contributed by atoms with Gasteiger partial charge >= 0.3 is 0 Å². The first-order valence-electron chi connectivity index (χ1n) is 10.5. The van der Waals surface area contributed by atoms with Crippen molar-refractivity contribution in [3.63, 3.8) is 0 Å². The van der Waals surface area contributed by atoms with E-state index in [9.17, 15) is 5.11 Å². The van der Waals surface area contributed by atoms with Gasteiger partial charge in [0, 0.05) is 11.0 Å². The summed E-state index contributed by atoms with van der Waals surface area (Å²) in [5, 5.41) is 20.7. The number of hydrogen-bond donors (Lipinski definition) is 1. The first-order valence-corrected chi connectivity index (χ1v) is 10.5. The molecule has 0 aliphatic rings. The summed E-state index contributed by atoms with van der Waals surface area (Å²) in [6.07, 6.45) is 0. The molecule has 1 aromatic heterocycles. The van der Waals surface area contributed by atoms with E-state index in [1.807, 2.05) is 54.6 Å². The molecule has 0 atom stereocenters. The zero-order chi connectivity index (χ0) is 22.4. The Morgan fingerprint density at radius 3 is 1.90 bits per heavy atom. The summed E-state index contributed by atoms with van der Waals surface area (Å²) in [6.45, 7) is 10.7. The Labute approximate surface area is 183 Å². The van der Waals surface area contributed by atoms with E-state index in [-0.39, 0.29) is 11.2 Å². The van der Waals surface area contributed by atoms with Gasteiger partial charge in [0.25, 0.3) is 0 Å². The highest BCUT2D eigenvalue weighted by Crippen LogP contribution is 2.42. The number of aromatic hydroxyl groups is 1. The summed E-state index contributed by atoms with van der Waals surface area (Å²) in [4.78, 5) is 1.54. The highest BCUT2D eigenvalue weighted by molar-refractivity contribution is 5.74. The molecule has 1 N–H and O–H groups in total. The highest BCUT2D eigenvalue weighted by Gasteiger charge is 2.31. The van der Waals surface area contributed by atoms with Crippen LogP contribution in [0, 0.1) is 0 Å². The lowest BCUT2D eigenvalue weighted by Crippen LogP contribution is -2.22. The van der Waals surface area contributed by atoms with E-state index >= 15 is 0 Å². The summed E-state index contributed by atoms with van der Waals surface area (Å²) in [5.74, 6) is 0.995. The third-order valence-electron chi connectivity index (χ3n) is 5.94. The number of nitrogens with zero attached hydrogens (tertiary/aromatic N) is 3. The van der Waals surface area contributed by atoms with Crippen molar-refractivity contribution < 1.29 is 9.84 Å². The van der Waals surface area contributed by atoms with Crippen molar-refractivity contribution in [1.29, 1.82) is 0 Å². The van der Waals surface area contributed by atoms with Crippen LogP contribution in [-0.4, -0.2) is 27.2 Å². The van der Waals surface area contributed by atoms with E-state index in [0.29, 0.717) is 5.69 Å². The predicted molar refractivity (Wildman–Crippen MR) is 124 cm³/mol. The van der Waals surface area contributed by atoms with Gasteiger partial charge in [0.1, 0.15) is 28.2 Å². The number of benzene rings is 3. The Morgan fingerprint density at radius 1 is 0.806 bits per heavy atom. The van der Waals surface area contributed by atoms with Gasteiger partial charge in [-0.05, 0) is 46.9 Å². The number of rotatable bonds is 4. The largest absolute Gasteiger partial charge is 0.505 e. The molecule has 1 heterocycles. The van der Waals surface area contributed by atoms with Crippen molar-refractivity contribution in [1.82, 2.24) is 15.0 Å². The Kier molecular flexibility index (Phi) is 5.00. The van der Waals surface area contributed by atoms with Crippen LogP contribution in [0.1, 0.15) is 51.3 Å². The zero-order valence-corrected chi connectivity index (χ0v) is 19.0. The first kappa shape index (κ1) is 20.9. The van der Waals surface area contributed by atoms with Gasteiger partial charge in [-0.25, -0.2) is 0 Å². The molecule has 0 radical (unpaired) electrons. The second kappa shape index (κ2) is 7.41. The fourth-order valence-corrected chi connectivity index (χ4v) is 3.81. The third kappa shape index (κ3) is 3.76.